The smallest absolute Gasteiger partial charge is 0.227 e. The summed E-state index contributed by atoms with van der Waals surface area (Å²) in [5, 5.41) is 3.04. The highest BCUT2D eigenvalue weighted by atomic mass is 35.5. The van der Waals surface area contributed by atoms with Crippen molar-refractivity contribution in [2.45, 2.75) is 25.7 Å². The molecule has 2 aromatic rings. The van der Waals surface area contributed by atoms with Gasteiger partial charge in [-0.2, -0.15) is 0 Å². The standard InChI is InChI=1S/C20H22ClFN2O2/c21-18-14-15(22)4-9-19(18)26-13-10-20(25)23-16-5-7-17(8-6-16)24-11-2-1-3-12-24/h4-9,14H,1-3,10-13H2,(H,23,25). The van der Waals surface area contributed by atoms with Crippen molar-refractivity contribution in [2.75, 3.05) is 29.9 Å². The molecule has 1 amide bonds. The first-order valence-electron chi connectivity index (χ1n) is 8.84. The van der Waals surface area contributed by atoms with Crippen LogP contribution in [-0.4, -0.2) is 25.6 Å². The van der Waals surface area contributed by atoms with E-state index in [-0.39, 0.29) is 24.0 Å². The van der Waals surface area contributed by atoms with Crippen LogP contribution in [-0.2, 0) is 4.79 Å². The molecule has 0 aromatic heterocycles. The van der Waals surface area contributed by atoms with E-state index in [1.54, 1.807) is 0 Å². The number of carbonyl (C=O) groups is 1. The molecule has 1 heterocycles. The maximum atomic E-state index is 13.0. The van der Waals surface area contributed by atoms with Gasteiger partial charge in [-0.25, -0.2) is 4.39 Å². The predicted octanol–water partition coefficient (Wildman–Crippen LogP) is 4.88. The summed E-state index contributed by atoms with van der Waals surface area (Å²) in [6, 6.07) is 11.8. The van der Waals surface area contributed by atoms with Crippen LogP contribution in [0.3, 0.4) is 0 Å². The number of anilines is 2. The minimum absolute atomic E-state index is 0.144. The van der Waals surface area contributed by atoms with Crippen molar-refractivity contribution in [2.24, 2.45) is 0 Å². The van der Waals surface area contributed by atoms with Gasteiger partial charge in [0.05, 0.1) is 18.1 Å². The normalized spacial score (nSPS) is 14.2. The second-order valence-corrected chi connectivity index (χ2v) is 6.72. The van der Waals surface area contributed by atoms with Crippen LogP contribution in [0, 0.1) is 5.82 Å². The van der Waals surface area contributed by atoms with Crippen LogP contribution in [0.25, 0.3) is 0 Å². The molecule has 138 valence electrons. The molecule has 0 aliphatic carbocycles. The number of nitrogens with zero attached hydrogens (tertiary/aromatic N) is 1. The second kappa shape index (κ2) is 8.90. The molecule has 26 heavy (non-hydrogen) atoms. The third-order valence-electron chi connectivity index (χ3n) is 4.35. The number of hydrogen-bond donors (Lipinski definition) is 1. The lowest BCUT2D eigenvalue weighted by Crippen LogP contribution is -2.29. The number of rotatable bonds is 6. The predicted molar refractivity (Wildman–Crippen MR) is 103 cm³/mol. The average Bonchev–Trinajstić information content (AvgIpc) is 2.65. The molecule has 1 saturated heterocycles. The molecule has 0 unspecified atom stereocenters. The van der Waals surface area contributed by atoms with E-state index >= 15 is 0 Å². The minimum atomic E-state index is -0.423. The van der Waals surface area contributed by atoms with Crippen LogP contribution in [0.2, 0.25) is 5.02 Å². The Bertz CT molecular complexity index is 746. The van der Waals surface area contributed by atoms with Gasteiger partial charge >= 0.3 is 0 Å². The maximum Gasteiger partial charge on any atom is 0.227 e. The summed E-state index contributed by atoms with van der Waals surface area (Å²) in [5.74, 6) is -0.200. The summed E-state index contributed by atoms with van der Waals surface area (Å²) < 4.78 is 18.4. The Morgan fingerprint density at radius 1 is 1.12 bits per heavy atom. The van der Waals surface area contributed by atoms with Crippen LogP contribution in [0.1, 0.15) is 25.7 Å². The summed E-state index contributed by atoms with van der Waals surface area (Å²) in [6.07, 6.45) is 3.95. The maximum absolute atomic E-state index is 13.0. The molecular formula is C20H22ClFN2O2. The quantitative estimate of drug-likeness (QED) is 0.781. The monoisotopic (exact) mass is 376 g/mol. The zero-order valence-electron chi connectivity index (χ0n) is 14.5. The highest BCUT2D eigenvalue weighted by Gasteiger charge is 2.11. The average molecular weight is 377 g/mol. The van der Waals surface area contributed by atoms with Gasteiger partial charge in [-0.1, -0.05) is 11.6 Å². The van der Waals surface area contributed by atoms with Crippen LogP contribution in [0.5, 0.6) is 5.75 Å². The lowest BCUT2D eigenvalue weighted by atomic mass is 10.1. The van der Waals surface area contributed by atoms with E-state index in [2.05, 4.69) is 10.2 Å². The molecule has 3 rings (SSSR count). The fourth-order valence-electron chi connectivity index (χ4n) is 2.98. The number of halogens is 2. The third kappa shape index (κ3) is 5.11. The van der Waals surface area contributed by atoms with Crippen molar-refractivity contribution in [3.63, 3.8) is 0 Å². The number of piperidine rings is 1. The van der Waals surface area contributed by atoms with Crippen molar-refractivity contribution >= 4 is 28.9 Å². The minimum Gasteiger partial charge on any atom is -0.491 e. The molecule has 0 bridgehead atoms. The van der Waals surface area contributed by atoms with Gasteiger partial charge in [0.2, 0.25) is 5.91 Å². The summed E-state index contributed by atoms with van der Waals surface area (Å²) in [7, 11) is 0. The van der Waals surface area contributed by atoms with Crippen LogP contribution < -0.4 is 15.0 Å². The van der Waals surface area contributed by atoms with Crippen LogP contribution in [0.4, 0.5) is 15.8 Å². The molecule has 4 nitrogen and oxygen atoms in total. The van der Waals surface area contributed by atoms with Gasteiger partial charge in [0.1, 0.15) is 11.6 Å². The van der Waals surface area contributed by atoms with Gasteiger partial charge in [0.15, 0.2) is 0 Å². The van der Waals surface area contributed by atoms with Gasteiger partial charge in [0.25, 0.3) is 0 Å². The van der Waals surface area contributed by atoms with Gasteiger partial charge in [0, 0.05) is 24.5 Å². The first-order chi connectivity index (χ1) is 12.6. The Balaban J connectivity index is 1.45. The molecule has 6 heteroatoms. The molecule has 1 aliphatic rings. The summed E-state index contributed by atoms with van der Waals surface area (Å²) in [5.41, 5.74) is 1.95. The first-order valence-corrected chi connectivity index (χ1v) is 9.22. The van der Waals surface area contributed by atoms with Crippen molar-refractivity contribution in [1.82, 2.24) is 0 Å². The first kappa shape index (κ1) is 18.5. The second-order valence-electron chi connectivity index (χ2n) is 6.32. The number of amides is 1. The summed E-state index contributed by atoms with van der Waals surface area (Å²) >= 11 is 5.88. The van der Waals surface area contributed by atoms with Crippen LogP contribution >= 0.6 is 11.6 Å². The zero-order valence-corrected chi connectivity index (χ0v) is 15.3. The molecule has 1 N–H and O–H groups in total. The van der Waals surface area contributed by atoms with E-state index in [0.717, 1.165) is 18.8 Å². The molecule has 0 atom stereocenters. The molecule has 0 saturated carbocycles. The Hall–Kier alpha value is -2.27. The van der Waals surface area contributed by atoms with E-state index in [1.165, 1.54) is 43.1 Å². The number of nitrogens with one attached hydrogen (secondary N) is 1. The largest absolute Gasteiger partial charge is 0.491 e. The molecule has 0 radical (unpaired) electrons. The molecule has 2 aromatic carbocycles. The van der Waals surface area contributed by atoms with E-state index in [9.17, 15) is 9.18 Å². The highest BCUT2D eigenvalue weighted by Crippen LogP contribution is 2.25. The fraction of sp³-hybridized carbons (Fsp3) is 0.350. The number of carbonyl (C=O) groups excluding carboxylic acids is 1. The molecule has 0 spiro atoms. The van der Waals surface area contributed by atoms with E-state index < -0.39 is 5.82 Å². The molecule has 1 aliphatic heterocycles. The van der Waals surface area contributed by atoms with Crippen molar-refractivity contribution in [1.29, 1.82) is 0 Å². The van der Waals surface area contributed by atoms with E-state index in [4.69, 9.17) is 16.3 Å². The lowest BCUT2D eigenvalue weighted by Gasteiger charge is -2.28. The Labute approximate surface area is 157 Å². The van der Waals surface area contributed by atoms with E-state index in [1.807, 2.05) is 24.3 Å². The molecule has 1 fully saturated rings. The number of hydrogen-bond acceptors (Lipinski definition) is 3. The van der Waals surface area contributed by atoms with Gasteiger partial charge in [-0.15, -0.1) is 0 Å². The van der Waals surface area contributed by atoms with E-state index in [0.29, 0.717) is 5.75 Å². The Morgan fingerprint density at radius 2 is 1.85 bits per heavy atom. The van der Waals surface area contributed by atoms with Gasteiger partial charge in [-0.05, 0) is 61.7 Å². The van der Waals surface area contributed by atoms with Crippen molar-refractivity contribution in [3.05, 3.63) is 53.3 Å². The summed E-state index contributed by atoms with van der Waals surface area (Å²) in [6.45, 7) is 2.35. The number of ether oxygens (including phenoxy) is 1. The molecular weight excluding hydrogens is 355 g/mol. The lowest BCUT2D eigenvalue weighted by molar-refractivity contribution is -0.116. The summed E-state index contributed by atoms with van der Waals surface area (Å²) in [4.78, 5) is 14.4. The Morgan fingerprint density at radius 3 is 2.54 bits per heavy atom. The zero-order chi connectivity index (χ0) is 18.4. The highest BCUT2D eigenvalue weighted by molar-refractivity contribution is 6.32. The van der Waals surface area contributed by atoms with Gasteiger partial charge in [-0.3, -0.25) is 4.79 Å². The topological polar surface area (TPSA) is 41.6 Å². The van der Waals surface area contributed by atoms with Crippen LogP contribution in [0.15, 0.2) is 42.5 Å². The Kier molecular flexibility index (Phi) is 6.34. The van der Waals surface area contributed by atoms with Crippen molar-refractivity contribution < 1.29 is 13.9 Å². The SMILES string of the molecule is O=C(CCOc1ccc(F)cc1Cl)Nc1ccc(N2CCCCC2)cc1. The number of benzene rings is 2. The van der Waals surface area contributed by atoms with Gasteiger partial charge < -0.3 is 15.0 Å². The third-order valence-corrected chi connectivity index (χ3v) is 4.65. The fourth-order valence-corrected chi connectivity index (χ4v) is 3.20. The van der Waals surface area contributed by atoms with Crippen molar-refractivity contribution in [3.8, 4) is 5.75 Å².